The van der Waals surface area contributed by atoms with E-state index in [1.807, 2.05) is 32.9 Å². The number of hydrogen-bond acceptors (Lipinski definition) is 2. The number of likely N-dealkylation sites (tertiary alicyclic amines) is 1. The van der Waals surface area contributed by atoms with Crippen molar-refractivity contribution in [3.8, 4) is 11.3 Å². The molecule has 0 saturated carbocycles. The Morgan fingerprint density at radius 1 is 1.21 bits per heavy atom. The van der Waals surface area contributed by atoms with E-state index in [4.69, 9.17) is 4.74 Å². The second-order valence-corrected chi connectivity index (χ2v) is 8.16. The number of benzene rings is 1. The van der Waals surface area contributed by atoms with E-state index in [2.05, 4.69) is 45.2 Å². The quantitative estimate of drug-likeness (QED) is 0.768. The van der Waals surface area contributed by atoms with Gasteiger partial charge in [0.1, 0.15) is 5.60 Å². The number of halogens is 1. The molecule has 1 saturated heterocycles. The van der Waals surface area contributed by atoms with Crippen molar-refractivity contribution < 1.29 is 9.53 Å². The Labute approximate surface area is 151 Å². The van der Waals surface area contributed by atoms with Crippen LogP contribution < -0.4 is 0 Å². The third-order valence-electron chi connectivity index (χ3n) is 4.14. The van der Waals surface area contributed by atoms with E-state index in [9.17, 15) is 4.79 Å². The molecular weight excluding hydrogens is 368 g/mol. The molecule has 1 aromatic heterocycles. The van der Waals surface area contributed by atoms with Crippen molar-refractivity contribution in [3.05, 3.63) is 46.6 Å². The molecule has 1 aromatic carbocycles. The first-order valence-corrected chi connectivity index (χ1v) is 9.04. The minimum Gasteiger partial charge on any atom is -0.444 e. The Bertz CT molecular complexity index is 716. The SMILES string of the molecule is CC(C)(C)OC(=O)N1CCC(c2ccc(-c3ccc(Br)cc3)[nH]2)C1. The van der Waals surface area contributed by atoms with Crippen LogP contribution in [0.3, 0.4) is 0 Å². The zero-order valence-corrected chi connectivity index (χ0v) is 15.9. The lowest BCUT2D eigenvalue weighted by Gasteiger charge is -2.24. The molecular formula is C19H23BrN2O2. The van der Waals surface area contributed by atoms with E-state index in [0.717, 1.165) is 28.7 Å². The Hall–Kier alpha value is -1.75. The molecule has 0 aliphatic carbocycles. The average Bonchev–Trinajstić information content (AvgIpc) is 3.15. The summed E-state index contributed by atoms with van der Waals surface area (Å²) in [5.41, 5.74) is 3.00. The van der Waals surface area contributed by atoms with Crippen LogP contribution in [-0.4, -0.2) is 34.7 Å². The van der Waals surface area contributed by atoms with Crippen molar-refractivity contribution in [2.24, 2.45) is 0 Å². The summed E-state index contributed by atoms with van der Waals surface area (Å²) in [6.07, 6.45) is 0.740. The third kappa shape index (κ3) is 4.01. The van der Waals surface area contributed by atoms with Gasteiger partial charge in [-0.25, -0.2) is 4.79 Å². The molecule has 24 heavy (non-hydrogen) atoms. The van der Waals surface area contributed by atoms with E-state index in [-0.39, 0.29) is 6.09 Å². The van der Waals surface area contributed by atoms with Gasteiger partial charge in [0, 0.05) is 34.9 Å². The first kappa shape index (κ1) is 17.1. The maximum Gasteiger partial charge on any atom is 0.410 e. The maximum absolute atomic E-state index is 12.2. The lowest BCUT2D eigenvalue weighted by Crippen LogP contribution is -2.35. The Morgan fingerprint density at radius 3 is 2.58 bits per heavy atom. The lowest BCUT2D eigenvalue weighted by molar-refractivity contribution is 0.0292. The molecule has 3 rings (SSSR count). The number of hydrogen-bond donors (Lipinski definition) is 1. The van der Waals surface area contributed by atoms with Crippen LogP contribution in [0.5, 0.6) is 0 Å². The number of carbonyl (C=O) groups is 1. The molecule has 2 heterocycles. The first-order valence-electron chi connectivity index (χ1n) is 8.24. The molecule has 1 N–H and O–H groups in total. The van der Waals surface area contributed by atoms with Crippen LogP contribution >= 0.6 is 15.9 Å². The highest BCUT2D eigenvalue weighted by Gasteiger charge is 2.31. The summed E-state index contributed by atoms with van der Waals surface area (Å²) in [6.45, 7) is 7.14. The zero-order chi connectivity index (χ0) is 17.3. The van der Waals surface area contributed by atoms with Crippen molar-refractivity contribution in [2.75, 3.05) is 13.1 Å². The van der Waals surface area contributed by atoms with Crippen LogP contribution in [0.15, 0.2) is 40.9 Å². The fourth-order valence-corrected chi connectivity index (χ4v) is 3.22. The van der Waals surface area contributed by atoms with E-state index in [1.165, 1.54) is 5.69 Å². The van der Waals surface area contributed by atoms with E-state index >= 15 is 0 Å². The minimum atomic E-state index is -0.448. The summed E-state index contributed by atoms with van der Waals surface area (Å²) in [4.78, 5) is 17.5. The van der Waals surface area contributed by atoms with Gasteiger partial charge in [-0.15, -0.1) is 0 Å². The molecule has 0 bridgehead atoms. The number of ether oxygens (including phenoxy) is 1. The predicted molar refractivity (Wildman–Crippen MR) is 99.1 cm³/mol. The summed E-state index contributed by atoms with van der Waals surface area (Å²) in [7, 11) is 0. The van der Waals surface area contributed by atoms with Gasteiger partial charge in [-0.3, -0.25) is 0 Å². The molecule has 5 heteroatoms. The van der Waals surface area contributed by atoms with Gasteiger partial charge >= 0.3 is 6.09 Å². The fraction of sp³-hybridized carbons (Fsp3) is 0.421. The molecule has 2 aromatic rings. The van der Waals surface area contributed by atoms with Gasteiger partial charge in [-0.1, -0.05) is 28.1 Å². The largest absolute Gasteiger partial charge is 0.444 e. The molecule has 1 aliphatic rings. The molecule has 1 fully saturated rings. The van der Waals surface area contributed by atoms with Crippen LogP contribution in [0.4, 0.5) is 4.79 Å². The molecule has 4 nitrogen and oxygen atoms in total. The van der Waals surface area contributed by atoms with Gasteiger partial charge in [0.25, 0.3) is 0 Å². The molecule has 1 aliphatic heterocycles. The fourth-order valence-electron chi connectivity index (χ4n) is 2.95. The van der Waals surface area contributed by atoms with Gasteiger partial charge < -0.3 is 14.6 Å². The van der Waals surface area contributed by atoms with Gasteiger partial charge in [-0.05, 0) is 57.0 Å². The van der Waals surface area contributed by atoms with Crippen molar-refractivity contribution >= 4 is 22.0 Å². The number of amides is 1. The third-order valence-corrected chi connectivity index (χ3v) is 4.67. The topological polar surface area (TPSA) is 45.3 Å². The molecule has 1 unspecified atom stereocenters. The monoisotopic (exact) mass is 390 g/mol. The summed E-state index contributed by atoms with van der Waals surface area (Å²) in [5, 5.41) is 0. The number of rotatable bonds is 2. The predicted octanol–water partition coefficient (Wildman–Crippen LogP) is 5.17. The Morgan fingerprint density at radius 2 is 1.92 bits per heavy atom. The first-order chi connectivity index (χ1) is 11.3. The normalized spacial score (nSPS) is 18.0. The van der Waals surface area contributed by atoms with Crippen molar-refractivity contribution in [1.82, 2.24) is 9.88 Å². The van der Waals surface area contributed by atoms with E-state index < -0.39 is 5.60 Å². The lowest BCUT2D eigenvalue weighted by atomic mass is 10.1. The summed E-state index contributed by atoms with van der Waals surface area (Å²) >= 11 is 3.46. The van der Waals surface area contributed by atoms with Crippen molar-refractivity contribution in [3.63, 3.8) is 0 Å². The summed E-state index contributed by atoms with van der Waals surface area (Å²) in [5.74, 6) is 0.335. The number of nitrogens with zero attached hydrogens (tertiary/aromatic N) is 1. The Balaban J connectivity index is 1.66. The second kappa shape index (κ2) is 6.63. The minimum absolute atomic E-state index is 0.218. The van der Waals surface area contributed by atoms with Gasteiger partial charge in [0.2, 0.25) is 0 Å². The highest BCUT2D eigenvalue weighted by molar-refractivity contribution is 9.10. The van der Waals surface area contributed by atoms with Crippen LogP contribution in [-0.2, 0) is 4.74 Å². The molecule has 0 radical (unpaired) electrons. The van der Waals surface area contributed by atoms with Crippen molar-refractivity contribution in [1.29, 1.82) is 0 Å². The molecule has 1 amide bonds. The zero-order valence-electron chi connectivity index (χ0n) is 14.3. The average molecular weight is 391 g/mol. The van der Waals surface area contributed by atoms with Crippen LogP contribution in [0.2, 0.25) is 0 Å². The molecule has 0 spiro atoms. The number of aromatic nitrogens is 1. The summed E-state index contributed by atoms with van der Waals surface area (Å²) < 4.78 is 6.54. The van der Waals surface area contributed by atoms with Crippen LogP contribution in [0.1, 0.15) is 38.8 Å². The van der Waals surface area contributed by atoms with Crippen molar-refractivity contribution in [2.45, 2.75) is 38.7 Å². The van der Waals surface area contributed by atoms with Crippen LogP contribution in [0, 0.1) is 0 Å². The number of H-pyrrole nitrogens is 1. The standard InChI is InChI=1S/C19H23BrN2O2/c1-19(2,3)24-18(23)22-11-10-14(12-22)17-9-8-16(21-17)13-4-6-15(20)7-5-13/h4-9,14,21H,10-12H2,1-3H3. The second-order valence-electron chi connectivity index (χ2n) is 7.25. The highest BCUT2D eigenvalue weighted by atomic mass is 79.9. The number of carbonyl (C=O) groups excluding carboxylic acids is 1. The highest BCUT2D eigenvalue weighted by Crippen LogP contribution is 2.30. The summed E-state index contributed by atoms with van der Waals surface area (Å²) in [6, 6.07) is 12.5. The van der Waals surface area contributed by atoms with E-state index in [0.29, 0.717) is 12.5 Å². The molecule has 1 atom stereocenters. The van der Waals surface area contributed by atoms with Gasteiger partial charge in [0.05, 0.1) is 0 Å². The maximum atomic E-state index is 12.2. The smallest absolute Gasteiger partial charge is 0.410 e. The van der Waals surface area contributed by atoms with Gasteiger partial charge in [-0.2, -0.15) is 0 Å². The van der Waals surface area contributed by atoms with Crippen LogP contribution in [0.25, 0.3) is 11.3 Å². The van der Waals surface area contributed by atoms with E-state index in [1.54, 1.807) is 4.90 Å². The number of nitrogens with one attached hydrogen (secondary N) is 1. The Kier molecular flexibility index (Phi) is 4.72. The number of aromatic amines is 1. The van der Waals surface area contributed by atoms with Gasteiger partial charge in [0.15, 0.2) is 0 Å². The molecule has 128 valence electrons.